The topological polar surface area (TPSA) is 83.4 Å². The Hall–Kier alpha value is -3.07. The van der Waals surface area contributed by atoms with E-state index < -0.39 is 5.82 Å². The molecule has 0 heterocycles. The maximum Gasteiger partial charge on any atom is 0.193 e. The molecule has 5 nitrogen and oxygen atoms in total. The molecule has 0 amide bonds. The molecule has 0 fully saturated rings. The molecule has 0 aliphatic heterocycles. The van der Waals surface area contributed by atoms with E-state index in [0.717, 1.165) is 11.4 Å². The number of nitrogens with zero attached hydrogens (tertiary/aromatic N) is 2. The van der Waals surface area contributed by atoms with Crippen LogP contribution in [0.15, 0.2) is 47.5 Å². The fourth-order valence-corrected chi connectivity index (χ4v) is 1.99. The summed E-state index contributed by atoms with van der Waals surface area (Å²) in [4.78, 5) is 4.11. The Morgan fingerprint density at radius 2 is 2.00 bits per heavy atom. The molecule has 0 atom stereocenters. The highest BCUT2D eigenvalue weighted by Crippen LogP contribution is 2.17. The molecule has 0 unspecified atom stereocenters. The van der Waals surface area contributed by atoms with E-state index in [1.54, 1.807) is 6.07 Å². The van der Waals surface area contributed by atoms with Crippen LogP contribution in [0.4, 0.5) is 10.1 Å². The van der Waals surface area contributed by atoms with Crippen molar-refractivity contribution in [3.63, 3.8) is 0 Å². The molecule has 0 bridgehead atoms. The van der Waals surface area contributed by atoms with Gasteiger partial charge in [-0.3, -0.25) is 0 Å². The Morgan fingerprint density at radius 3 is 2.58 bits per heavy atom. The Balaban J connectivity index is 1.98. The maximum atomic E-state index is 13.8. The van der Waals surface area contributed by atoms with Crippen LogP contribution in [0, 0.1) is 17.1 Å². The second-order valence-corrected chi connectivity index (χ2v) is 5.44. The second kappa shape index (κ2) is 7.97. The quantitative estimate of drug-likeness (QED) is 0.651. The molecule has 124 valence electrons. The molecular weight excluding hydrogens is 307 g/mol. The molecule has 2 rings (SSSR count). The van der Waals surface area contributed by atoms with Crippen LogP contribution in [0.2, 0.25) is 0 Å². The minimum atomic E-state index is -0.471. The molecule has 2 aromatic carbocycles. The van der Waals surface area contributed by atoms with Crippen LogP contribution in [0.5, 0.6) is 5.75 Å². The summed E-state index contributed by atoms with van der Waals surface area (Å²) in [6.45, 7) is 4.00. The van der Waals surface area contributed by atoms with Crippen molar-refractivity contribution in [2.75, 3.05) is 5.32 Å². The van der Waals surface area contributed by atoms with Crippen LogP contribution in [-0.2, 0) is 6.54 Å². The van der Waals surface area contributed by atoms with E-state index in [1.807, 2.05) is 44.2 Å². The summed E-state index contributed by atoms with van der Waals surface area (Å²) in [6.07, 6.45) is 0.109. The number of guanidine groups is 1. The predicted molar refractivity (Wildman–Crippen MR) is 92.3 cm³/mol. The second-order valence-electron chi connectivity index (χ2n) is 5.44. The first kappa shape index (κ1) is 17.3. The number of hydrogen-bond donors (Lipinski definition) is 2. The zero-order valence-electron chi connectivity index (χ0n) is 13.6. The molecule has 0 aliphatic carbocycles. The van der Waals surface area contributed by atoms with Gasteiger partial charge in [-0.05, 0) is 50.2 Å². The van der Waals surface area contributed by atoms with Gasteiger partial charge < -0.3 is 15.8 Å². The van der Waals surface area contributed by atoms with E-state index in [1.165, 1.54) is 12.1 Å². The Morgan fingerprint density at radius 1 is 1.29 bits per heavy atom. The number of ether oxygens (including phenoxy) is 1. The van der Waals surface area contributed by atoms with Gasteiger partial charge in [0.1, 0.15) is 11.6 Å². The molecular formula is C18H19FN4O. The highest BCUT2D eigenvalue weighted by atomic mass is 19.1. The first-order valence-electron chi connectivity index (χ1n) is 7.50. The SMILES string of the molecule is CC(C)Oc1ccc(NC(N)=NCc2ccc(C#N)cc2F)cc1. The first-order chi connectivity index (χ1) is 11.5. The number of rotatable bonds is 5. The number of hydrogen-bond acceptors (Lipinski definition) is 3. The number of nitriles is 1. The van der Waals surface area contributed by atoms with Gasteiger partial charge in [-0.25, -0.2) is 9.38 Å². The van der Waals surface area contributed by atoms with Crippen molar-refractivity contribution in [1.29, 1.82) is 5.26 Å². The van der Waals surface area contributed by atoms with Crippen LogP contribution < -0.4 is 15.8 Å². The maximum absolute atomic E-state index is 13.8. The number of anilines is 1. The summed E-state index contributed by atoms with van der Waals surface area (Å²) >= 11 is 0. The van der Waals surface area contributed by atoms with E-state index in [-0.39, 0.29) is 24.2 Å². The number of benzene rings is 2. The minimum Gasteiger partial charge on any atom is -0.491 e. The molecule has 0 spiro atoms. The smallest absolute Gasteiger partial charge is 0.193 e. The monoisotopic (exact) mass is 326 g/mol. The van der Waals surface area contributed by atoms with Crippen LogP contribution in [0.3, 0.4) is 0 Å². The van der Waals surface area contributed by atoms with Gasteiger partial charge in [0.2, 0.25) is 0 Å². The Kier molecular flexibility index (Phi) is 5.74. The average Bonchev–Trinajstić information content (AvgIpc) is 2.55. The fourth-order valence-electron chi connectivity index (χ4n) is 1.99. The third kappa shape index (κ3) is 4.99. The Labute approximate surface area is 140 Å². The number of aliphatic imine (C=N–C) groups is 1. The van der Waals surface area contributed by atoms with Gasteiger partial charge in [0.05, 0.1) is 24.3 Å². The highest BCUT2D eigenvalue weighted by Gasteiger charge is 2.04. The van der Waals surface area contributed by atoms with Gasteiger partial charge in [-0.15, -0.1) is 0 Å². The van der Waals surface area contributed by atoms with Crippen LogP contribution in [-0.4, -0.2) is 12.1 Å². The summed E-state index contributed by atoms with van der Waals surface area (Å²) in [5.74, 6) is 0.475. The molecule has 0 saturated carbocycles. The van der Waals surface area contributed by atoms with Gasteiger partial charge in [0, 0.05) is 11.3 Å². The van der Waals surface area contributed by atoms with Gasteiger partial charge >= 0.3 is 0 Å². The molecule has 2 aromatic rings. The fraction of sp³-hybridized carbons (Fsp3) is 0.222. The van der Waals surface area contributed by atoms with Crippen molar-refractivity contribution >= 4 is 11.6 Å². The average molecular weight is 326 g/mol. The Bertz CT molecular complexity index is 764. The standard InChI is InChI=1S/C18H19FN4O/c1-12(2)24-16-7-5-15(6-8-16)23-18(21)22-11-14-4-3-13(10-20)9-17(14)19/h3-9,12H,11H2,1-2H3,(H3,21,22,23). The van der Waals surface area contributed by atoms with Crippen LogP contribution in [0.25, 0.3) is 0 Å². The third-order valence-corrected chi connectivity index (χ3v) is 3.10. The summed E-state index contributed by atoms with van der Waals surface area (Å²) in [6, 6.07) is 13.4. The van der Waals surface area contributed by atoms with E-state index in [9.17, 15) is 4.39 Å². The van der Waals surface area contributed by atoms with E-state index in [4.69, 9.17) is 15.7 Å². The molecule has 6 heteroatoms. The van der Waals surface area contributed by atoms with Gasteiger partial charge in [0.15, 0.2) is 5.96 Å². The molecule has 24 heavy (non-hydrogen) atoms. The summed E-state index contributed by atoms with van der Waals surface area (Å²) in [7, 11) is 0. The number of nitrogens with two attached hydrogens (primary N) is 1. The van der Waals surface area contributed by atoms with E-state index in [0.29, 0.717) is 5.56 Å². The van der Waals surface area contributed by atoms with Gasteiger partial charge in [-0.1, -0.05) is 6.07 Å². The predicted octanol–water partition coefficient (Wildman–Crippen LogP) is 3.41. The van der Waals surface area contributed by atoms with Crippen molar-refractivity contribution in [2.45, 2.75) is 26.5 Å². The molecule has 3 N–H and O–H groups in total. The van der Waals surface area contributed by atoms with Crippen molar-refractivity contribution < 1.29 is 9.13 Å². The lowest BCUT2D eigenvalue weighted by Crippen LogP contribution is -2.22. The lowest BCUT2D eigenvalue weighted by atomic mass is 10.1. The highest BCUT2D eigenvalue weighted by molar-refractivity contribution is 5.92. The zero-order chi connectivity index (χ0) is 17.5. The molecule has 0 saturated heterocycles. The zero-order valence-corrected chi connectivity index (χ0v) is 13.6. The summed E-state index contributed by atoms with van der Waals surface area (Å²) in [5.41, 5.74) is 7.22. The van der Waals surface area contributed by atoms with Crippen molar-refractivity contribution in [3.05, 3.63) is 59.4 Å². The van der Waals surface area contributed by atoms with Crippen molar-refractivity contribution in [2.24, 2.45) is 10.7 Å². The third-order valence-electron chi connectivity index (χ3n) is 3.10. The van der Waals surface area contributed by atoms with Crippen molar-refractivity contribution in [3.8, 4) is 11.8 Å². The number of halogens is 1. The van der Waals surface area contributed by atoms with Crippen LogP contribution in [0.1, 0.15) is 25.0 Å². The molecule has 0 aliphatic rings. The van der Waals surface area contributed by atoms with Gasteiger partial charge in [-0.2, -0.15) is 5.26 Å². The van der Waals surface area contributed by atoms with Crippen LogP contribution >= 0.6 is 0 Å². The minimum absolute atomic E-state index is 0.0882. The lowest BCUT2D eigenvalue weighted by Gasteiger charge is -2.11. The number of nitrogens with one attached hydrogen (secondary N) is 1. The molecule has 0 aromatic heterocycles. The van der Waals surface area contributed by atoms with E-state index >= 15 is 0 Å². The normalized spacial score (nSPS) is 11.2. The molecule has 0 radical (unpaired) electrons. The van der Waals surface area contributed by atoms with Gasteiger partial charge in [0.25, 0.3) is 0 Å². The summed E-state index contributed by atoms with van der Waals surface area (Å²) < 4.78 is 19.3. The van der Waals surface area contributed by atoms with Crippen molar-refractivity contribution in [1.82, 2.24) is 0 Å². The van der Waals surface area contributed by atoms with E-state index in [2.05, 4.69) is 10.3 Å². The lowest BCUT2D eigenvalue weighted by molar-refractivity contribution is 0.242. The first-order valence-corrected chi connectivity index (χ1v) is 7.50. The summed E-state index contributed by atoms with van der Waals surface area (Å²) in [5, 5.41) is 11.7. The largest absolute Gasteiger partial charge is 0.491 e.